The van der Waals surface area contributed by atoms with Crippen molar-refractivity contribution >= 4 is 23.5 Å². The summed E-state index contributed by atoms with van der Waals surface area (Å²) in [5, 5.41) is 11.2. The van der Waals surface area contributed by atoms with Crippen molar-refractivity contribution in [2.45, 2.75) is 19.4 Å². The van der Waals surface area contributed by atoms with Gasteiger partial charge in [-0.3, -0.25) is 4.79 Å². The normalized spacial score (nSPS) is 11.1. The van der Waals surface area contributed by atoms with Gasteiger partial charge in [-0.1, -0.05) is 17.7 Å². The van der Waals surface area contributed by atoms with E-state index in [-0.39, 0.29) is 13.0 Å². The molecule has 0 radical (unpaired) electrons. The zero-order valence-corrected chi connectivity index (χ0v) is 12.2. The third-order valence-corrected chi connectivity index (χ3v) is 2.58. The number of benzene rings is 1. The van der Waals surface area contributed by atoms with Crippen molar-refractivity contribution in [1.29, 1.82) is 5.26 Å². The van der Waals surface area contributed by atoms with Crippen molar-refractivity contribution in [1.82, 2.24) is 5.32 Å². The van der Waals surface area contributed by atoms with Gasteiger partial charge >= 0.3 is 5.97 Å². The molecule has 1 N–H and O–H groups in total. The Morgan fingerprint density at radius 1 is 1.48 bits per heavy atom. The molecule has 0 saturated heterocycles. The minimum atomic E-state index is -0.865. The van der Waals surface area contributed by atoms with Crippen LogP contribution in [0.5, 0.6) is 5.75 Å². The number of amides is 1. The maximum Gasteiger partial charge on any atom is 0.347 e. The van der Waals surface area contributed by atoms with Gasteiger partial charge in [-0.2, -0.15) is 5.26 Å². The van der Waals surface area contributed by atoms with Crippen molar-refractivity contribution in [2.24, 2.45) is 0 Å². The molecule has 7 heteroatoms. The SMILES string of the molecule is CC(Oc1cccc(Cl)c1)C(=O)OCC(=O)NCCC#N. The van der Waals surface area contributed by atoms with Crippen LogP contribution in [0.4, 0.5) is 0 Å². The standard InChI is InChI=1S/C14H15ClN2O4/c1-10(21-12-5-2-4-11(15)8-12)14(19)20-9-13(18)17-7-3-6-16/h2,4-5,8,10H,3,7,9H2,1H3,(H,17,18). The zero-order chi connectivity index (χ0) is 15.7. The zero-order valence-electron chi connectivity index (χ0n) is 11.5. The predicted molar refractivity (Wildman–Crippen MR) is 75.7 cm³/mol. The molecule has 21 heavy (non-hydrogen) atoms. The number of carbonyl (C=O) groups excluding carboxylic acids is 2. The summed E-state index contributed by atoms with van der Waals surface area (Å²) in [5.41, 5.74) is 0. The second kappa shape index (κ2) is 8.82. The fourth-order valence-electron chi connectivity index (χ4n) is 1.36. The van der Waals surface area contributed by atoms with Crippen LogP contribution in [-0.2, 0) is 14.3 Å². The summed E-state index contributed by atoms with van der Waals surface area (Å²) < 4.78 is 10.2. The average Bonchev–Trinajstić information content (AvgIpc) is 2.45. The lowest BCUT2D eigenvalue weighted by Gasteiger charge is -2.14. The van der Waals surface area contributed by atoms with E-state index in [1.54, 1.807) is 24.3 Å². The van der Waals surface area contributed by atoms with Gasteiger partial charge in [0.15, 0.2) is 12.7 Å². The lowest BCUT2D eigenvalue weighted by molar-refractivity contribution is -0.154. The van der Waals surface area contributed by atoms with Crippen LogP contribution in [0, 0.1) is 11.3 Å². The maximum atomic E-state index is 11.7. The van der Waals surface area contributed by atoms with E-state index < -0.39 is 24.6 Å². The summed E-state index contributed by atoms with van der Waals surface area (Å²) in [6.45, 7) is 1.33. The fourth-order valence-corrected chi connectivity index (χ4v) is 1.54. The van der Waals surface area contributed by atoms with E-state index in [1.165, 1.54) is 6.92 Å². The number of nitrogens with one attached hydrogen (secondary N) is 1. The Labute approximate surface area is 127 Å². The number of ether oxygens (including phenoxy) is 2. The minimum absolute atomic E-state index is 0.202. The molecule has 1 aromatic rings. The van der Waals surface area contributed by atoms with Crippen LogP contribution in [0.15, 0.2) is 24.3 Å². The van der Waals surface area contributed by atoms with Crippen molar-refractivity contribution in [3.8, 4) is 11.8 Å². The van der Waals surface area contributed by atoms with Crippen LogP contribution < -0.4 is 10.1 Å². The summed E-state index contributed by atoms with van der Waals surface area (Å²) in [6, 6.07) is 8.49. The van der Waals surface area contributed by atoms with Crippen molar-refractivity contribution in [3.05, 3.63) is 29.3 Å². The largest absolute Gasteiger partial charge is 0.479 e. The molecule has 1 unspecified atom stereocenters. The Bertz CT molecular complexity index is 542. The van der Waals surface area contributed by atoms with E-state index in [0.717, 1.165) is 0 Å². The van der Waals surface area contributed by atoms with E-state index >= 15 is 0 Å². The molecule has 0 saturated carbocycles. The van der Waals surface area contributed by atoms with Gasteiger partial charge in [-0.15, -0.1) is 0 Å². The number of hydrogen-bond acceptors (Lipinski definition) is 5. The lowest BCUT2D eigenvalue weighted by Crippen LogP contribution is -2.33. The molecule has 0 aliphatic heterocycles. The van der Waals surface area contributed by atoms with E-state index in [4.69, 9.17) is 26.3 Å². The van der Waals surface area contributed by atoms with E-state index in [9.17, 15) is 9.59 Å². The number of carbonyl (C=O) groups is 2. The minimum Gasteiger partial charge on any atom is -0.479 e. The lowest BCUT2D eigenvalue weighted by atomic mass is 10.3. The molecular formula is C14H15ClN2O4. The molecule has 0 aromatic heterocycles. The Balaban J connectivity index is 2.34. The van der Waals surface area contributed by atoms with E-state index in [0.29, 0.717) is 10.8 Å². The highest BCUT2D eigenvalue weighted by molar-refractivity contribution is 6.30. The number of nitriles is 1. The van der Waals surface area contributed by atoms with Crippen LogP contribution in [0.3, 0.4) is 0 Å². The third kappa shape index (κ3) is 6.63. The third-order valence-electron chi connectivity index (χ3n) is 2.35. The second-order valence-electron chi connectivity index (χ2n) is 4.08. The van der Waals surface area contributed by atoms with Gasteiger partial charge in [0.05, 0.1) is 12.5 Å². The second-order valence-corrected chi connectivity index (χ2v) is 4.52. The Hall–Kier alpha value is -2.26. The molecule has 0 fully saturated rings. The molecule has 1 atom stereocenters. The number of nitrogens with zero attached hydrogens (tertiary/aromatic N) is 1. The summed E-state index contributed by atoms with van der Waals surface area (Å²) >= 11 is 5.80. The summed E-state index contributed by atoms with van der Waals surface area (Å²) in [6.07, 6.45) is -0.663. The molecule has 0 aliphatic rings. The number of esters is 1. The first-order chi connectivity index (χ1) is 10.0. The summed E-state index contributed by atoms with van der Waals surface area (Å²) in [5.74, 6) is -0.690. The van der Waals surface area contributed by atoms with Crippen LogP contribution in [0.2, 0.25) is 5.02 Å². The highest BCUT2D eigenvalue weighted by atomic mass is 35.5. The molecule has 6 nitrogen and oxygen atoms in total. The molecule has 0 spiro atoms. The highest BCUT2D eigenvalue weighted by Crippen LogP contribution is 2.18. The van der Waals surface area contributed by atoms with Crippen molar-refractivity contribution < 1.29 is 19.1 Å². The van der Waals surface area contributed by atoms with Crippen molar-refractivity contribution in [2.75, 3.05) is 13.2 Å². The Morgan fingerprint density at radius 3 is 2.90 bits per heavy atom. The molecule has 1 rings (SSSR count). The van der Waals surface area contributed by atoms with E-state index in [2.05, 4.69) is 5.32 Å². The summed E-state index contributed by atoms with van der Waals surface area (Å²) in [7, 11) is 0. The Kier molecular flexibility index (Phi) is 7.05. The van der Waals surface area contributed by atoms with Gasteiger partial charge in [0.1, 0.15) is 5.75 Å². The van der Waals surface area contributed by atoms with Crippen LogP contribution >= 0.6 is 11.6 Å². The molecular weight excluding hydrogens is 296 g/mol. The maximum absolute atomic E-state index is 11.7. The van der Waals surface area contributed by atoms with Gasteiger partial charge in [-0.05, 0) is 25.1 Å². The quantitative estimate of drug-likeness (QED) is 0.611. The number of rotatable bonds is 7. The van der Waals surface area contributed by atoms with Gasteiger partial charge < -0.3 is 14.8 Å². The number of hydrogen-bond donors (Lipinski definition) is 1. The van der Waals surface area contributed by atoms with Gasteiger partial charge in [0, 0.05) is 11.6 Å². The predicted octanol–water partition coefficient (Wildman–Crippen LogP) is 1.68. The molecule has 0 aliphatic carbocycles. The van der Waals surface area contributed by atoms with Gasteiger partial charge in [-0.25, -0.2) is 4.79 Å². The van der Waals surface area contributed by atoms with Crippen molar-refractivity contribution in [3.63, 3.8) is 0 Å². The topological polar surface area (TPSA) is 88.4 Å². The molecule has 1 amide bonds. The summed E-state index contributed by atoms with van der Waals surface area (Å²) in [4.78, 5) is 22.9. The molecule has 0 bridgehead atoms. The van der Waals surface area contributed by atoms with E-state index in [1.807, 2.05) is 6.07 Å². The first-order valence-corrected chi connectivity index (χ1v) is 6.63. The smallest absolute Gasteiger partial charge is 0.347 e. The van der Waals surface area contributed by atoms with Crippen LogP contribution in [0.25, 0.3) is 0 Å². The molecule has 112 valence electrons. The average molecular weight is 311 g/mol. The highest BCUT2D eigenvalue weighted by Gasteiger charge is 2.17. The molecule has 1 aromatic carbocycles. The van der Waals surface area contributed by atoms with Crippen LogP contribution in [0.1, 0.15) is 13.3 Å². The monoisotopic (exact) mass is 310 g/mol. The fraction of sp³-hybridized carbons (Fsp3) is 0.357. The first-order valence-electron chi connectivity index (χ1n) is 6.25. The van der Waals surface area contributed by atoms with Gasteiger partial charge in [0.25, 0.3) is 5.91 Å². The van der Waals surface area contributed by atoms with Gasteiger partial charge in [0.2, 0.25) is 0 Å². The first kappa shape index (κ1) is 16.8. The Morgan fingerprint density at radius 2 is 2.24 bits per heavy atom. The number of halogens is 1. The molecule has 0 heterocycles. The van der Waals surface area contributed by atoms with Crippen LogP contribution in [-0.4, -0.2) is 31.1 Å².